The third kappa shape index (κ3) is 5.01. The Balaban J connectivity index is 1.80. The van der Waals surface area contributed by atoms with Gasteiger partial charge in [0, 0.05) is 31.9 Å². The van der Waals surface area contributed by atoms with Crippen molar-refractivity contribution >= 4 is 7.85 Å². The summed E-state index contributed by atoms with van der Waals surface area (Å²) in [6.45, 7) is 18.6. The summed E-state index contributed by atoms with van der Waals surface area (Å²) >= 11 is 0. The number of nitrogens with one attached hydrogen (secondary N) is 1. The fourth-order valence-corrected chi connectivity index (χ4v) is 3.43. The molecular weight excluding hydrogens is 291 g/mol. The Kier molecular flexibility index (Phi) is 6.74. The second-order valence-electron chi connectivity index (χ2n) is 7.35. The zero-order valence-electron chi connectivity index (χ0n) is 15.6. The van der Waals surface area contributed by atoms with Crippen molar-refractivity contribution in [1.82, 2.24) is 10.2 Å². The highest BCUT2D eigenvalue weighted by atomic mass is 15.2. The Morgan fingerprint density at radius 1 is 1.21 bits per heavy atom. The number of hydrogen-bond donors (Lipinski definition) is 1. The first-order valence-electron chi connectivity index (χ1n) is 8.97. The summed E-state index contributed by atoms with van der Waals surface area (Å²) < 4.78 is 0. The van der Waals surface area contributed by atoms with Gasteiger partial charge < -0.3 is 5.32 Å². The van der Waals surface area contributed by atoms with E-state index in [1.165, 1.54) is 28.7 Å². The predicted octanol–water partition coefficient (Wildman–Crippen LogP) is 3.59. The van der Waals surface area contributed by atoms with Gasteiger partial charge in [-0.25, -0.2) is 0 Å². The molecule has 3 heteroatoms. The molecule has 1 fully saturated rings. The second kappa shape index (κ2) is 8.57. The summed E-state index contributed by atoms with van der Waals surface area (Å²) in [6, 6.07) is 4.58. The maximum atomic E-state index is 5.70. The zero-order chi connectivity index (χ0) is 17.7. The van der Waals surface area contributed by atoms with Crippen LogP contribution in [-0.2, 0) is 12.8 Å². The molecule has 2 rings (SSSR count). The van der Waals surface area contributed by atoms with Crippen LogP contribution in [0.5, 0.6) is 0 Å². The van der Waals surface area contributed by atoms with E-state index in [4.69, 9.17) is 7.85 Å². The fraction of sp³-hybridized carbons (Fsp3) is 0.524. The Bertz CT molecular complexity index is 600. The Hall–Kier alpha value is -1.48. The second-order valence-corrected chi connectivity index (χ2v) is 7.35. The molecule has 0 amide bonds. The van der Waals surface area contributed by atoms with Crippen molar-refractivity contribution in [2.75, 3.05) is 26.2 Å². The molecule has 2 radical (unpaired) electrons. The van der Waals surface area contributed by atoms with Gasteiger partial charge in [0.2, 0.25) is 0 Å². The van der Waals surface area contributed by atoms with Gasteiger partial charge in [0.15, 0.2) is 0 Å². The number of likely N-dealkylation sites (tertiary alicyclic amines) is 1. The van der Waals surface area contributed by atoms with E-state index < -0.39 is 0 Å². The van der Waals surface area contributed by atoms with Gasteiger partial charge in [-0.1, -0.05) is 37.2 Å². The topological polar surface area (TPSA) is 15.3 Å². The average Bonchev–Trinajstić information content (AvgIpc) is 2.50. The highest BCUT2D eigenvalue weighted by Crippen LogP contribution is 2.25. The highest BCUT2D eigenvalue weighted by molar-refractivity contribution is 6.08. The molecule has 0 aliphatic carbocycles. The van der Waals surface area contributed by atoms with E-state index >= 15 is 0 Å². The van der Waals surface area contributed by atoms with Crippen LogP contribution in [0, 0.1) is 19.8 Å². The molecule has 0 saturated carbocycles. The molecule has 1 aromatic rings. The van der Waals surface area contributed by atoms with Crippen LogP contribution in [0.25, 0.3) is 0 Å². The van der Waals surface area contributed by atoms with Gasteiger partial charge in [-0.15, -0.1) is 0 Å². The minimum atomic E-state index is 0.723. The lowest BCUT2D eigenvalue weighted by atomic mass is 9.86. The molecule has 0 spiro atoms. The maximum absolute atomic E-state index is 5.70. The van der Waals surface area contributed by atoms with Crippen molar-refractivity contribution in [2.24, 2.45) is 5.92 Å². The molecule has 0 atom stereocenters. The number of benzene rings is 1. The molecule has 24 heavy (non-hydrogen) atoms. The summed E-state index contributed by atoms with van der Waals surface area (Å²) in [5.41, 5.74) is 8.00. The lowest BCUT2D eigenvalue weighted by Crippen LogP contribution is -2.49. The summed E-state index contributed by atoms with van der Waals surface area (Å²) in [4.78, 5) is 2.46. The summed E-state index contributed by atoms with van der Waals surface area (Å²) in [7, 11) is 5.70. The number of nitrogens with zero attached hydrogens (tertiary/aromatic N) is 1. The van der Waals surface area contributed by atoms with Crippen LogP contribution >= 0.6 is 0 Å². The normalized spacial score (nSPS) is 15.1. The molecule has 2 nitrogen and oxygen atoms in total. The van der Waals surface area contributed by atoms with Gasteiger partial charge in [0.05, 0.1) is 7.85 Å². The summed E-state index contributed by atoms with van der Waals surface area (Å²) in [5, 5.41) is 3.33. The fourth-order valence-electron chi connectivity index (χ4n) is 3.43. The van der Waals surface area contributed by atoms with Crippen molar-refractivity contribution < 1.29 is 0 Å². The van der Waals surface area contributed by atoms with E-state index in [9.17, 15) is 0 Å². The van der Waals surface area contributed by atoms with Gasteiger partial charge in [-0.05, 0) is 61.8 Å². The third-order valence-corrected chi connectivity index (χ3v) is 5.02. The standard InChI is InChI=1S/C21H31BN2/c1-15(2)11-23-16(3)12-24-13-19(14-24)10-21-7-6-20(8-9-22)17(4)18(21)5/h6-7,19,23H,1,3,8-14H2,2,4-5H3. The number of hydrogen-bond acceptors (Lipinski definition) is 2. The summed E-state index contributed by atoms with van der Waals surface area (Å²) in [6.07, 6.45) is 2.88. The van der Waals surface area contributed by atoms with Gasteiger partial charge in [-0.3, -0.25) is 4.90 Å². The SMILES string of the molecule is [B]CCc1ccc(CC2CN(CC(=C)NCC(=C)C)C2)c(C)c1C. The largest absolute Gasteiger partial charge is 0.384 e. The van der Waals surface area contributed by atoms with Crippen LogP contribution in [0.4, 0.5) is 0 Å². The predicted molar refractivity (Wildman–Crippen MR) is 106 cm³/mol. The van der Waals surface area contributed by atoms with Crippen LogP contribution in [0.15, 0.2) is 36.6 Å². The smallest absolute Gasteiger partial charge is 0.0657 e. The molecule has 1 aromatic carbocycles. The quantitative estimate of drug-likeness (QED) is 0.552. The monoisotopic (exact) mass is 322 g/mol. The van der Waals surface area contributed by atoms with Gasteiger partial charge >= 0.3 is 0 Å². The van der Waals surface area contributed by atoms with Crippen molar-refractivity contribution in [1.29, 1.82) is 0 Å². The molecule has 1 aliphatic rings. The molecule has 1 saturated heterocycles. The lowest BCUT2D eigenvalue weighted by molar-refractivity contribution is 0.111. The summed E-state index contributed by atoms with van der Waals surface area (Å²) in [5.74, 6) is 0.761. The average molecular weight is 322 g/mol. The highest BCUT2D eigenvalue weighted by Gasteiger charge is 2.27. The molecule has 1 aliphatic heterocycles. The van der Waals surface area contributed by atoms with Crippen LogP contribution in [0.3, 0.4) is 0 Å². The van der Waals surface area contributed by atoms with Crippen molar-refractivity contribution in [2.45, 2.75) is 39.9 Å². The van der Waals surface area contributed by atoms with Gasteiger partial charge in [-0.2, -0.15) is 0 Å². The number of rotatable bonds is 9. The maximum Gasteiger partial charge on any atom is 0.0657 e. The third-order valence-electron chi connectivity index (χ3n) is 5.02. The van der Waals surface area contributed by atoms with E-state index in [0.29, 0.717) is 0 Å². The zero-order valence-corrected chi connectivity index (χ0v) is 15.6. The Morgan fingerprint density at radius 2 is 1.83 bits per heavy atom. The first-order valence-corrected chi connectivity index (χ1v) is 8.97. The van der Waals surface area contributed by atoms with E-state index in [1.54, 1.807) is 0 Å². The van der Waals surface area contributed by atoms with E-state index in [-0.39, 0.29) is 0 Å². The number of aryl methyl sites for hydroxylation is 1. The molecule has 1 N–H and O–H groups in total. The van der Waals surface area contributed by atoms with Crippen molar-refractivity contribution in [3.8, 4) is 0 Å². The van der Waals surface area contributed by atoms with Gasteiger partial charge in [0.1, 0.15) is 0 Å². The minimum Gasteiger partial charge on any atom is -0.384 e. The van der Waals surface area contributed by atoms with E-state index in [1.807, 2.05) is 6.92 Å². The van der Waals surface area contributed by atoms with Gasteiger partial charge in [0.25, 0.3) is 0 Å². The van der Waals surface area contributed by atoms with E-state index in [2.05, 4.69) is 49.4 Å². The van der Waals surface area contributed by atoms with Crippen molar-refractivity contribution in [3.63, 3.8) is 0 Å². The van der Waals surface area contributed by atoms with E-state index in [0.717, 1.165) is 56.1 Å². The minimum absolute atomic E-state index is 0.723. The van der Waals surface area contributed by atoms with Crippen molar-refractivity contribution in [3.05, 3.63) is 58.8 Å². The van der Waals surface area contributed by atoms with Crippen LogP contribution in [-0.4, -0.2) is 38.9 Å². The van der Waals surface area contributed by atoms with Crippen LogP contribution in [0.1, 0.15) is 29.2 Å². The Labute approximate surface area is 149 Å². The first kappa shape index (κ1) is 18.9. The molecule has 0 unspecified atom stereocenters. The van der Waals surface area contributed by atoms with Crippen LogP contribution in [0.2, 0.25) is 6.32 Å². The molecule has 0 aromatic heterocycles. The Morgan fingerprint density at radius 3 is 2.46 bits per heavy atom. The lowest BCUT2D eigenvalue weighted by Gasteiger charge is -2.40. The molecule has 1 heterocycles. The molecule has 128 valence electrons. The molecule has 0 bridgehead atoms. The van der Waals surface area contributed by atoms with Crippen LogP contribution < -0.4 is 5.32 Å². The first-order chi connectivity index (χ1) is 11.4. The molecular formula is C21H31BN2.